The number of hydrogen-bond donors (Lipinski definition) is 0. The summed E-state index contributed by atoms with van der Waals surface area (Å²) >= 11 is 0. The van der Waals surface area contributed by atoms with Gasteiger partial charge in [0.1, 0.15) is 0 Å². The third-order valence-electron chi connectivity index (χ3n) is 5.41. The van der Waals surface area contributed by atoms with Crippen molar-refractivity contribution in [3.8, 4) is 11.1 Å². The van der Waals surface area contributed by atoms with Crippen LogP contribution in [-0.4, -0.2) is 0 Å². The fourth-order valence-electron chi connectivity index (χ4n) is 4.11. The summed E-state index contributed by atoms with van der Waals surface area (Å²) in [6, 6.07) is 15.8. The molecule has 0 heterocycles. The van der Waals surface area contributed by atoms with Gasteiger partial charge in [0, 0.05) is 0 Å². The third-order valence-corrected chi connectivity index (χ3v) is 5.41. The van der Waals surface area contributed by atoms with Crippen molar-refractivity contribution in [2.45, 2.75) is 45.4 Å². The summed E-state index contributed by atoms with van der Waals surface area (Å²) in [7, 11) is 0. The molecule has 0 nitrogen and oxygen atoms in total. The first-order chi connectivity index (χ1) is 10.8. The molecule has 2 aromatic rings. The molecular weight excluding hydrogens is 264 g/mol. The summed E-state index contributed by atoms with van der Waals surface area (Å²) in [6.45, 7) is 2.15. The average Bonchev–Trinajstić information content (AvgIpc) is 3.01. The Labute approximate surface area is 133 Å². The molecule has 2 aliphatic carbocycles. The van der Waals surface area contributed by atoms with Gasteiger partial charge in [-0.25, -0.2) is 0 Å². The molecule has 22 heavy (non-hydrogen) atoms. The molecule has 2 aliphatic rings. The molecule has 0 amide bonds. The first-order valence-corrected chi connectivity index (χ1v) is 8.71. The van der Waals surface area contributed by atoms with Gasteiger partial charge in [0.25, 0.3) is 0 Å². The Balaban J connectivity index is 1.71. The van der Waals surface area contributed by atoms with Crippen molar-refractivity contribution in [3.05, 3.63) is 64.7 Å². The molecule has 0 aliphatic heterocycles. The van der Waals surface area contributed by atoms with Crippen molar-refractivity contribution < 1.29 is 0 Å². The minimum atomic E-state index is 0.840. The van der Waals surface area contributed by atoms with Crippen molar-refractivity contribution in [1.82, 2.24) is 0 Å². The summed E-state index contributed by atoms with van der Waals surface area (Å²) in [6.07, 6.45) is 10.8. The Morgan fingerprint density at radius 3 is 2.41 bits per heavy atom. The lowest BCUT2D eigenvalue weighted by molar-refractivity contribution is 0.401. The average molecular weight is 288 g/mol. The quantitative estimate of drug-likeness (QED) is 0.618. The van der Waals surface area contributed by atoms with Gasteiger partial charge in [-0.15, -0.1) is 0 Å². The Hall–Kier alpha value is -1.82. The maximum Gasteiger partial charge on any atom is -0.00548 e. The van der Waals surface area contributed by atoms with Gasteiger partial charge < -0.3 is 0 Å². The van der Waals surface area contributed by atoms with Crippen molar-refractivity contribution in [1.29, 1.82) is 0 Å². The van der Waals surface area contributed by atoms with E-state index in [-0.39, 0.29) is 0 Å². The molecule has 0 saturated heterocycles. The largest absolute Gasteiger partial charge is 0.0621 e. The first kappa shape index (κ1) is 13.8. The van der Waals surface area contributed by atoms with Crippen LogP contribution in [0.4, 0.5) is 0 Å². The molecule has 1 fully saturated rings. The SMILES string of the molecule is Cc1ccc(-c2cccc3c2C=C(C2CCCCC2)C3)cc1. The van der Waals surface area contributed by atoms with E-state index in [0.717, 1.165) is 5.92 Å². The zero-order valence-corrected chi connectivity index (χ0v) is 13.4. The smallest absolute Gasteiger partial charge is 0.00548 e. The molecule has 0 atom stereocenters. The zero-order chi connectivity index (χ0) is 14.9. The Morgan fingerprint density at radius 1 is 0.864 bits per heavy atom. The second kappa shape index (κ2) is 5.76. The van der Waals surface area contributed by atoms with Crippen molar-refractivity contribution in [2.75, 3.05) is 0 Å². The van der Waals surface area contributed by atoms with E-state index >= 15 is 0 Å². The van der Waals surface area contributed by atoms with Gasteiger partial charge in [-0.05, 0) is 54.4 Å². The van der Waals surface area contributed by atoms with Crippen molar-refractivity contribution in [3.63, 3.8) is 0 Å². The molecule has 0 bridgehead atoms. The zero-order valence-electron chi connectivity index (χ0n) is 13.4. The lowest BCUT2D eigenvalue weighted by Gasteiger charge is -2.22. The second-order valence-corrected chi connectivity index (χ2v) is 6.98. The van der Waals surface area contributed by atoms with E-state index in [1.54, 1.807) is 5.57 Å². The number of rotatable bonds is 2. The molecule has 0 radical (unpaired) electrons. The van der Waals surface area contributed by atoms with E-state index in [2.05, 4.69) is 55.5 Å². The summed E-state index contributed by atoms with van der Waals surface area (Å²) in [5, 5.41) is 0. The first-order valence-electron chi connectivity index (χ1n) is 8.71. The summed E-state index contributed by atoms with van der Waals surface area (Å²) in [4.78, 5) is 0. The summed E-state index contributed by atoms with van der Waals surface area (Å²) in [5.41, 5.74) is 8.78. The minimum Gasteiger partial charge on any atom is -0.0621 e. The van der Waals surface area contributed by atoms with Crippen LogP contribution in [0, 0.1) is 12.8 Å². The normalized spacial score (nSPS) is 18.1. The summed E-state index contributed by atoms with van der Waals surface area (Å²) in [5.74, 6) is 0.840. The van der Waals surface area contributed by atoms with Crippen LogP contribution in [0.1, 0.15) is 48.8 Å². The maximum atomic E-state index is 2.51. The molecule has 0 aromatic heterocycles. The summed E-state index contributed by atoms with van der Waals surface area (Å²) < 4.78 is 0. The van der Waals surface area contributed by atoms with E-state index in [0.29, 0.717) is 0 Å². The third kappa shape index (κ3) is 2.52. The highest BCUT2D eigenvalue weighted by Crippen LogP contribution is 2.40. The van der Waals surface area contributed by atoms with E-state index < -0.39 is 0 Å². The number of fused-ring (bicyclic) bond motifs is 1. The lowest BCUT2D eigenvalue weighted by Crippen LogP contribution is -2.08. The van der Waals surface area contributed by atoms with Gasteiger partial charge in [-0.3, -0.25) is 0 Å². The highest BCUT2D eigenvalue weighted by Gasteiger charge is 2.23. The van der Waals surface area contributed by atoms with Crippen molar-refractivity contribution >= 4 is 6.08 Å². The van der Waals surface area contributed by atoms with Gasteiger partial charge in [0.05, 0.1) is 0 Å². The van der Waals surface area contributed by atoms with Gasteiger partial charge in [-0.1, -0.05) is 78.9 Å². The molecule has 0 N–H and O–H groups in total. The topological polar surface area (TPSA) is 0 Å². The van der Waals surface area contributed by atoms with Crippen LogP contribution in [0.15, 0.2) is 48.0 Å². The molecule has 0 unspecified atom stereocenters. The molecule has 4 rings (SSSR count). The number of aryl methyl sites for hydroxylation is 1. The van der Waals surface area contributed by atoms with Gasteiger partial charge in [0.2, 0.25) is 0 Å². The van der Waals surface area contributed by atoms with E-state index in [1.807, 2.05) is 0 Å². The molecule has 0 heteroatoms. The fourth-order valence-corrected chi connectivity index (χ4v) is 4.11. The van der Waals surface area contributed by atoms with Crippen LogP contribution in [-0.2, 0) is 6.42 Å². The fraction of sp³-hybridized carbons (Fsp3) is 0.364. The Kier molecular flexibility index (Phi) is 3.62. The lowest BCUT2D eigenvalue weighted by atomic mass is 9.83. The van der Waals surface area contributed by atoms with Crippen LogP contribution >= 0.6 is 0 Å². The Bertz CT molecular complexity index is 697. The van der Waals surface area contributed by atoms with E-state index in [9.17, 15) is 0 Å². The number of allylic oxidation sites excluding steroid dienone is 1. The van der Waals surface area contributed by atoms with Gasteiger partial charge in [-0.2, -0.15) is 0 Å². The molecule has 1 saturated carbocycles. The standard InChI is InChI=1S/C22H24/c1-16-10-12-18(13-11-16)21-9-5-8-19-14-20(15-22(19)21)17-6-3-2-4-7-17/h5,8-13,15,17H,2-4,6-7,14H2,1H3. The number of hydrogen-bond acceptors (Lipinski definition) is 0. The second-order valence-electron chi connectivity index (χ2n) is 6.98. The minimum absolute atomic E-state index is 0.840. The van der Waals surface area contributed by atoms with Crippen LogP contribution in [0.5, 0.6) is 0 Å². The highest BCUT2D eigenvalue weighted by atomic mass is 14.3. The van der Waals surface area contributed by atoms with Crippen LogP contribution in [0.25, 0.3) is 17.2 Å². The maximum absolute atomic E-state index is 2.51. The van der Waals surface area contributed by atoms with Crippen LogP contribution in [0.2, 0.25) is 0 Å². The highest BCUT2D eigenvalue weighted by molar-refractivity contribution is 5.81. The molecular formula is C22H24. The molecule has 2 aromatic carbocycles. The number of benzene rings is 2. The van der Waals surface area contributed by atoms with E-state index in [4.69, 9.17) is 0 Å². The van der Waals surface area contributed by atoms with Crippen LogP contribution < -0.4 is 0 Å². The van der Waals surface area contributed by atoms with Gasteiger partial charge in [0.15, 0.2) is 0 Å². The molecule has 0 spiro atoms. The van der Waals surface area contributed by atoms with Crippen LogP contribution in [0.3, 0.4) is 0 Å². The molecule has 112 valence electrons. The predicted octanol–water partition coefficient (Wildman–Crippen LogP) is 6.18. The van der Waals surface area contributed by atoms with Gasteiger partial charge >= 0.3 is 0 Å². The monoisotopic (exact) mass is 288 g/mol. The Morgan fingerprint density at radius 2 is 1.64 bits per heavy atom. The van der Waals surface area contributed by atoms with E-state index in [1.165, 1.54) is 66.3 Å². The van der Waals surface area contributed by atoms with Crippen molar-refractivity contribution in [2.24, 2.45) is 5.92 Å². The predicted molar refractivity (Wildman–Crippen MR) is 94.9 cm³/mol.